The van der Waals surface area contributed by atoms with E-state index in [4.69, 9.17) is 0 Å². The Balaban J connectivity index is 0.000000191. The van der Waals surface area contributed by atoms with Crippen molar-refractivity contribution in [3.05, 3.63) is 66.8 Å². The summed E-state index contributed by atoms with van der Waals surface area (Å²) in [6.45, 7) is 1.51. The Morgan fingerprint density at radius 2 is 1.58 bits per heavy atom. The van der Waals surface area contributed by atoms with E-state index in [0.29, 0.717) is 10.0 Å². The smallest absolute Gasteiger partial charge is 0.138 e. The van der Waals surface area contributed by atoms with E-state index in [0.717, 1.165) is 14.5 Å². The number of hydrogen-bond acceptors (Lipinski definition) is 0. The number of hydrogen-bond donors (Lipinski definition) is 0. The molecule has 2 aromatic carbocycles. The van der Waals surface area contributed by atoms with Crippen LogP contribution in [0.15, 0.2) is 49.8 Å². The number of alkyl halides is 1. The van der Waals surface area contributed by atoms with Crippen molar-refractivity contribution >= 4 is 47.8 Å². The molecule has 0 nitrogen and oxygen atoms in total. The van der Waals surface area contributed by atoms with Crippen LogP contribution in [0, 0.1) is 12.7 Å². The zero-order valence-electron chi connectivity index (χ0n) is 10.1. The average molecular weight is 457 g/mol. The molecular formula is C14H11Br3F2. The van der Waals surface area contributed by atoms with Crippen molar-refractivity contribution in [2.75, 3.05) is 0 Å². The van der Waals surface area contributed by atoms with Crippen molar-refractivity contribution in [2.45, 2.75) is 13.6 Å². The van der Waals surface area contributed by atoms with Gasteiger partial charge < -0.3 is 0 Å². The summed E-state index contributed by atoms with van der Waals surface area (Å²) in [7, 11) is 0. The molecule has 2 aromatic rings. The normalized spacial score (nSPS) is 9.79. The molecule has 0 aliphatic rings. The Morgan fingerprint density at radius 3 is 2.05 bits per heavy atom. The van der Waals surface area contributed by atoms with Crippen LogP contribution in [0.5, 0.6) is 0 Å². The molecule has 0 radical (unpaired) electrons. The first-order valence-corrected chi connectivity index (χ1v) is 7.74. The van der Waals surface area contributed by atoms with Gasteiger partial charge in [-0.3, -0.25) is 0 Å². The summed E-state index contributed by atoms with van der Waals surface area (Å²) in [6, 6.07) is 10.4. The third-order valence-corrected chi connectivity index (χ3v) is 5.43. The van der Waals surface area contributed by atoms with Gasteiger partial charge in [-0.2, -0.15) is 0 Å². The molecular weight excluding hydrogens is 446 g/mol. The minimum Gasteiger partial charge on any atom is -0.246 e. The summed E-state index contributed by atoms with van der Waals surface area (Å²) in [5.41, 5.74) is 1.73. The predicted molar refractivity (Wildman–Crippen MR) is 85.5 cm³/mol. The quantitative estimate of drug-likeness (QED) is 0.425. The molecule has 0 aliphatic heterocycles. The molecule has 0 spiro atoms. The molecule has 19 heavy (non-hydrogen) atoms. The highest BCUT2D eigenvalue weighted by Crippen LogP contribution is 2.28. The number of halogens is 5. The van der Waals surface area contributed by atoms with Crippen molar-refractivity contribution in [3.8, 4) is 0 Å². The van der Waals surface area contributed by atoms with Crippen LogP contribution in [0.4, 0.5) is 8.78 Å². The topological polar surface area (TPSA) is 0 Å². The minimum absolute atomic E-state index is 0.238. The van der Waals surface area contributed by atoms with E-state index >= 15 is 0 Å². The molecule has 2 rings (SSSR count). The third-order valence-electron chi connectivity index (χ3n) is 2.33. The standard InChI is InChI=1S/C7H5Br2F.C7H6BrF/c1-4-2-3-5(10)7(9)6(4)8;8-7-4-2-1-3-6(7)5-9/h2-3H,1H3;1-4H,5H2. The highest BCUT2D eigenvalue weighted by atomic mass is 79.9. The van der Waals surface area contributed by atoms with Crippen LogP contribution < -0.4 is 0 Å². The number of aryl methyl sites for hydroxylation is 1. The molecule has 5 heteroatoms. The summed E-state index contributed by atoms with van der Waals surface area (Å²) in [5, 5.41) is 0. The van der Waals surface area contributed by atoms with E-state index in [1.54, 1.807) is 12.1 Å². The van der Waals surface area contributed by atoms with Crippen molar-refractivity contribution in [1.82, 2.24) is 0 Å². The average Bonchev–Trinajstić information content (AvgIpc) is 2.42. The van der Waals surface area contributed by atoms with Gasteiger partial charge in [-0.05, 0) is 62.0 Å². The SMILES string of the molecule is Cc1ccc(F)c(Br)c1Br.FCc1ccccc1Br. The van der Waals surface area contributed by atoms with Gasteiger partial charge in [-0.15, -0.1) is 0 Å². The first kappa shape index (κ1) is 16.8. The lowest BCUT2D eigenvalue weighted by Gasteiger charge is -2.00. The highest BCUT2D eigenvalue weighted by Gasteiger charge is 2.04. The fourth-order valence-corrected chi connectivity index (χ4v) is 2.39. The highest BCUT2D eigenvalue weighted by molar-refractivity contribution is 9.13. The Kier molecular flexibility index (Phi) is 7.18. The van der Waals surface area contributed by atoms with Gasteiger partial charge in [-0.25, -0.2) is 8.78 Å². The molecule has 0 amide bonds. The maximum absolute atomic E-state index is 12.7. The van der Waals surface area contributed by atoms with Gasteiger partial charge in [0.25, 0.3) is 0 Å². The molecule has 0 bridgehead atoms. The van der Waals surface area contributed by atoms with Crippen LogP contribution in [0.1, 0.15) is 11.1 Å². The fraction of sp³-hybridized carbons (Fsp3) is 0.143. The largest absolute Gasteiger partial charge is 0.246 e. The molecule has 0 heterocycles. The maximum atomic E-state index is 12.7. The fourth-order valence-electron chi connectivity index (χ4n) is 1.23. The Labute approximate surface area is 136 Å². The lowest BCUT2D eigenvalue weighted by molar-refractivity contribution is 0.484. The van der Waals surface area contributed by atoms with Crippen LogP contribution in [0.2, 0.25) is 0 Å². The third kappa shape index (κ3) is 4.97. The summed E-state index contributed by atoms with van der Waals surface area (Å²) < 4.78 is 26.8. The summed E-state index contributed by atoms with van der Waals surface area (Å²) >= 11 is 9.57. The molecule has 0 saturated carbocycles. The van der Waals surface area contributed by atoms with Crippen molar-refractivity contribution in [1.29, 1.82) is 0 Å². The van der Waals surface area contributed by atoms with Crippen LogP contribution in [-0.4, -0.2) is 0 Å². The van der Waals surface area contributed by atoms with Gasteiger partial charge in [0, 0.05) is 8.95 Å². The Hall–Kier alpha value is -0.260. The lowest BCUT2D eigenvalue weighted by atomic mass is 10.2. The van der Waals surface area contributed by atoms with Gasteiger partial charge in [0.05, 0.1) is 4.47 Å². The first-order chi connectivity index (χ1) is 8.97. The van der Waals surface area contributed by atoms with E-state index in [2.05, 4.69) is 47.8 Å². The molecule has 0 unspecified atom stereocenters. The van der Waals surface area contributed by atoms with E-state index in [-0.39, 0.29) is 5.82 Å². The van der Waals surface area contributed by atoms with E-state index in [1.807, 2.05) is 25.1 Å². The van der Waals surface area contributed by atoms with Crippen LogP contribution in [0.25, 0.3) is 0 Å². The Bertz CT molecular complexity index is 529. The lowest BCUT2D eigenvalue weighted by Crippen LogP contribution is -1.81. The molecule has 102 valence electrons. The van der Waals surface area contributed by atoms with Gasteiger partial charge in [0.1, 0.15) is 12.5 Å². The van der Waals surface area contributed by atoms with Gasteiger partial charge in [-0.1, -0.05) is 40.2 Å². The monoisotopic (exact) mass is 454 g/mol. The maximum Gasteiger partial charge on any atom is 0.138 e. The molecule has 0 fully saturated rings. The van der Waals surface area contributed by atoms with E-state index in [9.17, 15) is 8.78 Å². The minimum atomic E-state index is -0.401. The van der Waals surface area contributed by atoms with Crippen LogP contribution in [0.3, 0.4) is 0 Å². The van der Waals surface area contributed by atoms with Crippen molar-refractivity contribution in [2.24, 2.45) is 0 Å². The first-order valence-electron chi connectivity index (χ1n) is 5.36. The number of rotatable bonds is 1. The number of benzene rings is 2. The second-order valence-corrected chi connectivity index (χ2v) is 6.16. The molecule has 0 aromatic heterocycles. The second-order valence-electron chi connectivity index (χ2n) is 3.72. The van der Waals surface area contributed by atoms with E-state index < -0.39 is 6.67 Å². The zero-order valence-corrected chi connectivity index (χ0v) is 14.8. The van der Waals surface area contributed by atoms with Gasteiger partial charge >= 0.3 is 0 Å². The molecule has 0 atom stereocenters. The van der Waals surface area contributed by atoms with Crippen LogP contribution in [-0.2, 0) is 6.67 Å². The molecule has 0 saturated heterocycles. The zero-order chi connectivity index (χ0) is 14.4. The Morgan fingerprint density at radius 1 is 0.947 bits per heavy atom. The summed E-state index contributed by atoms with van der Waals surface area (Å²) in [5.74, 6) is -0.238. The molecule has 0 N–H and O–H groups in total. The van der Waals surface area contributed by atoms with Crippen LogP contribution >= 0.6 is 47.8 Å². The summed E-state index contributed by atoms with van der Waals surface area (Å²) in [4.78, 5) is 0. The van der Waals surface area contributed by atoms with Gasteiger partial charge in [0.2, 0.25) is 0 Å². The second kappa shape index (κ2) is 8.12. The van der Waals surface area contributed by atoms with Crippen molar-refractivity contribution < 1.29 is 8.78 Å². The van der Waals surface area contributed by atoms with E-state index in [1.165, 1.54) is 6.07 Å². The van der Waals surface area contributed by atoms with Crippen molar-refractivity contribution in [3.63, 3.8) is 0 Å². The summed E-state index contributed by atoms with van der Waals surface area (Å²) in [6.07, 6.45) is 0. The predicted octanol–water partition coefficient (Wildman–Crippen LogP) is 6.58. The van der Waals surface area contributed by atoms with Gasteiger partial charge in [0.15, 0.2) is 0 Å². The molecule has 0 aliphatic carbocycles.